The molecule has 2 N–H and O–H groups in total. The fourth-order valence-electron chi connectivity index (χ4n) is 1.70. The van der Waals surface area contributed by atoms with E-state index >= 15 is 0 Å². The van der Waals surface area contributed by atoms with Crippen molar-refractivity contribution in [3.63, 3.8) is 0 Å². The van der Waals surface area contributed by atoms with Gasteiger partial charge in [-0.3, -0.25) is 9.97 Å². The zero-order valence-electron chi connectivity index (χ0n) is 8.65. The van der Waals surface area contributed by atoms with Gasteiger partial charge in [0, 0.05) is 37.7 Å². The third-order valence-electron chi connectivity index (χ3n) is 2.49. The third kappa shape index (κ3) is 4.11. The van der Waals surface area contributed by atoms with Crippen molar-refractivity contribution in [2.24, 2.45) is 0 Å². The second-order valence-electron chi connectivity index (χ2n) is 3.62. The molecule has 5 heteroatoms. The van der Waals surface area contributed by atoms with Crippen LogP contribution in [-0.4, -0.2) is 29.1 Å². The molecule has 2 heterocycles. The van der Waals surface area contributed by atoms with Crippen molar-refractivity contribution < 1.29 is 0 Å². The zero-order valence-corrected chi connectivity index (χ0v) is 9.46. The van der Waals surface area contributed by atoms with Crippen LogP contribution in [0.25, 0.3) is 0 Å². The number of rotatable bonds is 3. The van der Waals surface area contributed by atoms with E-state index in [1.165, 1.54) is 12.8 Å². The Balaban J connectivity index is 0.00000112. The molecule has 1 atom stereocenters. The number of hydrogen-bond acceptors (Lipinski definition) is 4. The van der Waals surface area contributed by atoms with Gasteiger partial charge in [0.2, 0.25) is 0 Å². The van der Waals surface area contributed by atoms with Crippen LogP contribution < -0.4 is 10.6 Å². The highest BCUT2D eigenvalue weighted by atomic mass is 35.5. The van der Waals surface area contributed by atoms with Crippen LogP contribution in [-0.2, 0) is 6.54 Å². The molecule has 4 nitrogen and oxygen atoms in total. The van der Waals surface area contributed by atoms with E-state index in [4.69, 9.17) is 0 Å². The van der Waals surface area contributed by atoms with Crippen LogP contribution in [0.5, 0.6) is 0 Å². The molecule has 1 aromatic heterocycles. The summed E-state index contributed by atoms with van der Waals surface area (Å²) in [7, 11) is 0. The van der Waals surface area contributed by atoms with Gasteiger partial charge in [-0.15, -0.1) is 12.4 Å². The van der Waals surface area contributed by atoms with E-state index in [0.717, 1.165) is 25.3 Å². The van der Waals surface area contributed by atoms with Gasteiger partial charge in [0.1, 0.15) is 0 Å². The average molecular weight is 229 g/mol. The Labute approximate surface area is 96.3 Å². The van der Waals surface area contributed by atoms with Gasteiger partial charge in [-0.2, -0.15) is 0 Å². The predicted molar refractivity (Wildman–Crippen MR) is 62.0 cm³/mol. The fourth-order valence-corrected chi connectivity index (χ4v) is 1.70. The maximum Gasteiger partial charge on any atom is 0.0724 e. The normalized spacial score (nSPS) is 20.7. The van der Waals surface area contributed by atoms with Gasteiger partial charge >= 0.3 is 0 Å². The van der Waals surface area contributed by atoms with Crippen molar-refractivity contribution >= 4 is 12.4 Å². The predicted octanol–water partition coefficient (Wildman–Crippen LogP) is 0.740. The minimum atomic E-state index is 0. The Morgan fingerprint density at radius 3 is 3.07 bits per heavy atom. The summed E-state index contributed by atoms with van der Waals surface area (Å²) in [4.78, 5) is 8.25. The third-order valence-corrected chi connectivity index (χ3v) is 2.49. The highest BCUT2D eigenvalue weighted by molar-refractivity contribution is 5.85. The van der Waals surface area contributed by atoms with E-state index in [0.29, 0.717) is 6.04 Å². The lowest BCUT2D eigenvalue weighted by Crippen LogP contribution is -2.42. The Kier molecular flexibility index (Phi) is 5.53. The molecule has 0 aromatic carbocycles. The Morgan fingerprint density at radius 2 is 2.40 bits per heavy atom. The molecule has 0 aliphatic carbocycles. The van der Waals surface area contributed by atoms with Crippen molar-refractivity contribution in [2.75, 3.05) is 13.1 Å². The molecule has 84 valence electrons. The maximum absolute atomic E-state index is 4.22. The molecule has 1 aliphatic rings. The van der Waals surface area contributed by atoms with Crippen molar-refractivity contribution in [1.82, 2.24) is 20.6 Å². The van der Waals surface area contributed by atoms with Crippen LogP contribution in [0, 0.1) is 0 Å². The highest BCUT2D eigenvalue weighted by Gasteiger charge is 2.11. The molecule has 1 aromatic rings. The van der Waals surface area contributed by atoms with Gasteiger partial charge in [-0.1, -0.05) is 0 Å². The molecule has 0 spiro atoms. The summed E-state index contributed by atoms with van der Waals surface area (Å²) in [5.74, 6) is 0. The second-order valence-corrected chi connectivity index (χ2v) is 3.62. The fraction of sp³-hybridized carbons (Fsp3) is 0.600. The van der Waals surface area contributed by atoms with Gasteiger partial charge in [-0.05, 0) is 19.4 Å². The molecule has 15 heavy (non-hydrogen) atoms. The summed E-state index contributed by atoms with van der Waals surface area (Å²) in [6.45, 7) is 3.05. The lowest BCUT2D eigenvalue weighted by molar-refractivity contribution is 0.387. The van der Waals surface area contributed by atoms with Gasteiger partial charge in [0.15, 0.2) is 0 Å². The molecule has 0 bridgehead atoms. The molecule has 1 aliphatic heterocycles. The number of piperidine rings is 1. The first-order chi connectivity index (χ1) is 6.95. The van der Waals surface area contributed by atoms with Crippen molar-refractivity contribution in [2.45, 2.75) is 25.4 Å². The molecular formula is C10H17ClN4. The summed E-state index contributed by atoms with van der Waals surface area (Å²) < 4.78 is 0. The lowest BCUT2D eigenvalue weighted by atomic mass is 10.1. The van der Waals surface area contributed by atoms with Gasteiger partial charge in [-0.25, -0.2) is 0 Å². The molecule has 0 unspecified atom stereocenters. The van der Waals surface area contributed by atoms with Crippen LogP contribution in [0.1, 0.15) is 18.5 Å². The number of halogens is 1. The summed E-state index contributed by atoms with van der Waals surface area (Å²) >= 11 is 0. The quantitative estimate of drug-likeness (QED) is 0.802. The zero-order chi connectivity index (χ0) is 9.64. The average Bonchev–Trinajstić information content (AvgIpc) is 2.29. The van der Waals surface area contributed by atoms with Crippen LogP contribution >= 0.6 is 12.4 Å². The molecule has 0 saturated carbocycles. The molecule has 1 saturated heterocycles. The largest absolute Gasteiger partial charge is 0.315 e. The minimum absolute atomic E-state index is 0. The van der Waals surface area contributed by atoms with Crippen molar-refractivity contribution in [3.8, 4) is 0 Å². The first-order valence-corrected chi connectivity index (χ1v) is 5.14. The molecule has 0 radical (unpaired) electrons. The Hall–Kier alpha value is -0.710. The topological polar surface area (TPSA) is 49.8 Å². The second kappa shape index (κ2) is 6.71. The van der Waals surface area contributed by atoms with Crippen molar-refractivity contribution in [3.05, 3.63) is 24.3 Å². The number of nitrogens with one attached hydrogen (secondary N) is 2. The lowest BCUT2D eigenvalue weighted by Gasteiger charge is -2.23. The first kappa shape index (κ1) is 12.4. The van der Waals surface area contributed by atoms with E-state index in [-0.39, 0.29) is 12.4 Å². The molecule has 2 rings (SSSR count). The van der Waals surface area contributed by atoms with Gasteiger partial charge in [0.05, 0.1) is 5.69 Å². The van der Waals surface area contributed by atoms with Crippen LogP contribution in [0.2, 0.25) is 0 Å². The molecular weight excluding hydrogens is 212 g/mol. The van der Waals surface area contributed by atoms with Gasteiger partial charge in [0.25, 0.3) is 0 Å². The number of hydrogen-bond donors (Lipinski definition) is 2. The van der Waals surface area contributed by atoms with E-state index in [9.17, 15) is 0 Å². The van der Waals surface area contributed by atoms with Crippen LogP contribution in [0.4, 0.5) is 0 Å². The molecule has 0 amide bonds. The minimum Gasteiger partial charge on any atom is -0.315 e. The highest BCUT2D eigenvalue weighted by Crippen LogP contribution is 2.02. The summed E-state index contributed by atoms with van der Waals surface area (Å²) in [5, 5.41) is 6.85. The van der Waals surface area contributed by atoms with E-state index in [1.54, 1.807) is 12.4 Å². The van der Waals surface area contributed by atoms with E-state index < -0.39 is 0 Å². The van der Waals surface area contributed by atoms with Crippen LogP contribution in [0.15, 0.2) is 18.6 Å². The van der Waals surface area contributed by atoms with Gasteiger partial charge < -0.3 is 10.6 Å². The summed E-state index contributed by atoms with van der Waals surface area (Å²) in [6.07, 6.45) is 7.76. The standard InChI is InChI=1S/C10H16N4.ClH/c1-2-9(6-11-3-1)14-8-10-7-12-4-5-13-10;/h4-5,7,9,11,14H,1-3,6,8H2;1H/t9-;/m0./s1. The first-order valence-electron chi connectivity index (χ1n) is 5.14. The number of nitrogens with zero attached hydrogens (tertiary/aromatic N) is 2. The Bertz CT molecular complexity index is 261. The SMILES string of the molecule is Cl.c1cnc(CN[C@H]2CCCNC2)cn1. The van der Waals surface area contributed by atoms with Crippen molar-refractivity contribution in [1.29, 1.82) is 0 Å². The van der Waals surface area contributed by atoms with E-state index in [1.807, 2.05) is 6.20 Å². The monoisotopic (exact) mass is 228 g/mol. The van der Waals surface area contributed by atoms with E-state index in [2.05, 4.69) is 20.6 Å². The smallest absolute Gasteiger partial charge is 0.0724 e. The summed E-state index contributed by atoms with van der Waals surface area (Å²) in [6, 6.07) is 0.589. The van der Waals surface area contributed by atoms with Crippen LogP contribution in [0.3, 0.4) is 0 Å². The molecule has 1 fully saturated rings. The Morgan fingerprint density at radius 1 is 1.47 bits per heavy atom. The summed E-state index contributed by atoms with van der Waals surface area (Å²) in [5.41, 5.74) is 1.01. The number of aromatic nitrogens is 2. The maximum atomic E-state index is 4.22.